The van der Waals surface area contributed by atoms with Crippen LogP contribution in [-0.2, 0) is 0 Å². The first-order valence-corrected chi connectivity index (χ1v) is 14.2. The molecule has 0 aliphatic carbocycles. The van der Waals surface area contributed by atoms with Gasteiger partial charge in [0, 0.05) is 28.0 Å². The summed E-state index contributed by atoms with van der Waals surface area (Å²) in [5.74, 6) is 0. The summed E-state index contributed by atoms with van der Waals surface area (Å²) < 4.78 is 0. The van der Waals surface area contributed by atoms with Crippen LogP contribution in [0.4, 0.5) is 5.69 Å². The van der Waals surface area contributed by atoms with Crippen LogP contribution >= 0.6 is 0 Å². The minimum atomic E-state index is 0.693. The molecule has 0 amide bonds. The monoisotopic (exact) mass is 551 g/mol. The topological polar surface area (TPSA) is 75.5 Å². The number of nitrogens with zero attached hydrogens (tertiary/aromatic N) is 4. The molecule has 3 aromatic rings. The van der Waals surface area contributed by atoms with Crippen LogP contribution in [0.2, 0.25) is 0 Å². The number of rotatable bonds is 3. The largest absolute Gasteiger partial charge is 0.398 e. The molecule has 0 spiro atoms. The third kappa shape index (κ3) is 4.53. The number of anilines is 1. The first-order chi connectivity index (χ1) is 21.2. The molecule has 43 heavy (non-hydrogen) atoms. The molecular weight excluding hydrogens is 526 g/mol. The smallest absolute Gasteiger partial charge is 0.0816 e. The quantitative estimate of drug-likeness (QED) is 0.332. The maximum Gasteiger partial charge on any atom is 0.0816 e. The zero-order chi connectivity index (χ0) is 28.8. The van der Waals surface area contributed by atoms with Gasteiger partial charge in [-0.15, -0.1) is 0 Å². The van der Waals surface area contributed by atoms with Crippen molar-refractivity contribution in [3.05, 3.63) is 179 Å². The molecule has 0 aromatic heterocycles. The van der Waals surface area contributed by atoms with Crippen LogP contribution < -0.4 is 5.73 Å². The summed E-state index contributed by atoms with van der Waals surface area (Å²) >= 11 is 0. The van der Waals surface area contributed by atoms with Gasteiger partial charge in [-0.05, 0) is 71.9 Å². The highest BCUT2D eigenvalue weighted by molar-refractivity contribution is 6.48. The molecule has 0 radical (unpaired) electrons. The van der Waals surface area contributed by atoms with Crippen molar-refractivity contribution in [2.45, 2.75) is 0 Å². The van der Waals surface area contributed by atoms with Gasteiger partial charge in [-0.2, -0.15) is 0 Å². The summed E-state index contributed by atoms with van der Waals surface area (Å²) in [4.78, 5) is 20.3. The lowest BCUT2D eigenvalue weighted by atomic mass is 9.90. The average Bonchev–Trinajstić information content (AvgIpc) is 3.85. The number of para-hydroxylation sites is 1. The number of aliphatic imine (C=N–C) groups is 4. The number of fused-ring (bicyclic) bond motifs is 4. The third-order valence-corrected chi connectivity index (χ3v) is 7.75. The highest BCUT2D eigenvalue weighted by Crippen LogP contribution is 2.39. The van der Waals surface area contributed by atoms with Gasteiger partial charge in [0.25, 0.3) is 0 Å². The van der Waals surface area contributed by atoms with Crippen LogP contribution in [0.5, 0.6) is 0 Å². The second kappa shape index (κ2) is 10.2. The lowest BCUT2D eigenvalue weighted by Gasteiger charge is -2.15. The number of allylic oxidation sites excluding steroid dienone is 12. The zero-order valence-electron chi connectivity index (χ0n) is 23.1. The van der Waals surface area contributed by atoms with E-state index in [4.69, 9.17) is 25.7 Å². The predicted molar refractivity (Wildman–Crippen MR) is 179 cm³/mol. The molecule has 0 fully saturated rings. The Morgan fingerprint density at radius 2 is 1.09 bits per heavy atom. The van der Waals surface area contributed by atoms with Gasteiger partial charge in [-0.25, -0.2) is 20.0 Å². The maximum absolute atomic E-state index is 6.55. The van der Waals surface area contributed by atoms with E-state index in [1.807, 2.05) is 91.0 Å². The van der Waals surface area contributed by atoms with E-state index < -0.39 is 0 Å². The first-order valence-electron chi connectivity index (χ1n) is 14.2. The fourth-order valence-electron chi connectivity index (χ4n) is 5.79. The Hall–Kier alpha value is -5.94. The van der Waals surface area contributed by atoms with E-state index in [1.54, 1.807) is 0 Å². The highest BCUT2D eigenvalue weighted by atomic mass is 14.9. The Morgan fingerprint density at radius 1 is 0.465 bits per heavy atom. The molecule has 0 saturated carbocycles. The number of nitrogens with two attached hydrogens (primary N) is 1. The van der Waals surface area contributed by atoms with Crippen LogP contribution in [0.15, 0.2) is 182 Å². The van der Waals surface area contributed by atoms with Crippen molar-refractivity contribution in [2.24, 2.45) is 20.0 Å². The highest BCUT2D eigenvalue weighted by Gasteiger charge is 2.28. The number of hydrogen-bond donors (Lipinski definition) is 1. The van der Waals surface area contributed by atoms with E-state index in [0.717, 1.165) is 79.0 Å². The van der Waals surface area contributed by atoms with Gasteiger partial charge in [0.05, 0.1) is 45.6 Å². The van der Waals surface area contributed by atoms with Crippen LogP contribution in [0.1, 0.15) is 16.7 Å². The fourth-order valence-corrected chi connectivity index (χ4v) is 5.79. The van der Waals surface area contributed by atoms with Gasteiger partial charge in [0.15, 0.2) is 0 Å². The minimum absolute atomic E-state index is 0.693. The molecule has 2 N–H and O–H groups in total. The van der Waals surface area contributed by atoms with E-state index in [-0.39, 0.29) is 0 Å². The van der Waals surface area contributed by atoms with Gasteiger partial charge in [-0.1, -0.05) is 78.9 Å². The third-order valence-electron chi connectivity index (χ3n) is 7.75. The van der Waals surface area contributed by atoms with Crippen molar-refractivity contribution in [3.8, 4) is 0 Å². The van der Waals surface area contributed by atoms with Gasteiger partial charge in [-0.3, -0.25) is 0 Å². The standard InChI is InChI=1S/C38H25N5/c39-32-14-8-7-13-30(32)31-23-29-22-27-16-15-26(40-27)21-28-17-18-33(41-28)36(24-9-3-1-4-10-24)34-19-20-35(43-34)37(38(31)42-29)25-11-5-2-6-12-25/h1-23H,39H2. The number of benzene rings is 3. The normalized spacial score (nSPS) is 18.4. The molecule has 202 valence electrons. The van der Waals surface area contributed by atoms with Crippen LogP contribution in [0, 0.1) is 0 Å². The van der Waals surface area contributed by atoms with Crippen molar-refractivity contribution in [2.75, 3.05) is 5.73 Å². The first kappa shape index (κ1) is 24.8. The Morgan fingerprint density at radius 3 is 1.88 bits per heavy atom. The minimum Gasteiger partial charge on any atom is -0.398 e. The number of nitrogen functional groups attached to an aromatic ring is 1. The summed E-state index contributed by atoms with van der Waals surface area (Å²) in [6.45, 7) is 0. The van der Waals surface area contributed by atoms with Crippen molar-refractivity contribution in [3.63, 3.8) is 0 Å². The molecule has 8 bridgehead atoms. The average molecular weight is 552 g/mol. The van der Waals surface area contributed by atoms with Gasteiger partial charge in [0.2, 0.25) is 0 Å². The fraction of sp³-hybridized carbons (Fsp3) is 0. The van der Waals surface area contributed by atoms with Gasteiger partial charge >= 0.3 is 0 Å². The zero-order valence-corrected chi connectivity index (χ0v) is 23.1. The second-order valence-corrected chi connectivity index (χ2v) is 10.6. The van der Waals surface area contributed by atoms with Crippen LogP contribution in [0.25, 0.3) is 16.7 Å². The van der Waals surface area contributed by atoms with Crippen molar-refractivity contribution in [1.82, 2.24) is 0 Å². The Balaban J connectivity index is 1.43. The van der Waals surface area contributed by atoms with E-state index >= 15 is 0 Å². The van der Waals surface area contributed by atoms with Crippen molar-refractivity contribution in [1.29, 1.82) is 0 Å². The summed E-state index contributed by atoms with van der Waals surface area (Å²) in [7, 11) is 0. The van der Waals surface area contributed by atoms with E-state index in [0.29, 0.717) is 5.69 Å². The Bertz CT molecular complexity index is 2090. The Labute approximate surface area is 249 Å². The maximum atomic E-state index is 6.55. The lowest BCUT2D eigenvalue weighted by molar-refractivity contribution is 1.41. The molecule has 5 heteroatoms. The molecule has 8 rings (SSSR count). The summed E-state index contributed by atoms with van der Waals surface area (Å²) in [5, 5.41) is 0. The number of hydrogen-bond acceptors (Lipinski definition) is 5. The van der Waals surface area contributed by atoms with Gasteiger partial charge < -0.3 is 5.73 Å². The molecular formula is C38H25N5. The molecule has 0 atom stereocenters. The van der Waals surface area contributed by atoms with Crippen molar-refractivity contribution >= 4 is 45.3 Å². The molecule has 5 aliphatic heterocycles. The molecule has 5 heterocycles. The van der Waals surface area contributed by atoms with E-state index in [9.17, 15) is 0 Å². The molecule has 0 unspecified atom stereocenters. The molecule has 0 saturated heterocycles. The SMILES string of the molecule is Nc1ccccc1C1=CC2=CC3=NC(=CC4=NC(=C(c5ccccc5)C5=NC(=C(c6ccccc6)C1=N2)C=C5)C=C4)C=C3. The second-order valence-electron chi connectivity index (χ2n) is 10.6. The lowest BCUT2D eigenvalue weighted by Crippen LogP contribution is -2.07. The predicted octanol–water partition coefficient (Wildman–Crippen LogP) is 7.74. The Kier molecular flexibility index (Phi) is 5.86. The van der Waals surface area contributed by atoms with E-state index in [1.165, 1.54) is 0 Å². The summed E-state index contributed by atoms with van der Waals surface area (Å²) in [6, 6.07) is 28.5. The van der Waals surface area contributed by atoms with Crippen LogP contribution in [0.3, 0.4) is 0 Å². The van der Waals surface area contributed by atoms with Crippen molar-refractivity contribution < 1.29 is 0 Å². The summed E-state index contributed by atoms with van der Waals surface area (Å²) in [6.07, 6.45) is 18.4. The van der Waals surface area contributed by atoms with Gasteiger partial charge in [0.1, 0.15) is 0 Å². The molecule has 5 nitrogen and oxygen atoms in total. The van der Waals surface area contributed by atoms with E-state index in [2.05, 4.69) is 48.6 Å². The van der Waals surface area contributed by atoms with Crippen LogP contribution in [-0.4, -0.2) is 22.8 Å². The molecule has 3 aromatic carbocycles. The molecule has 5 aliphatic rings. The summed E-state index contributed by atoms with van der Waals surface area (Å²) in [5.41, 5.74) is 19.8.